The lowest BCUT2D eigenvalue weighted by Crippen LogP contribution is -2.82. The number of aliphatic hydroxyl groups is 2. The van der Waals surface area contributed by atoms with Crippen molar-refractivity contribution in [2.24, 2.45) is 34.5 Å². The molecule has 0 aromatic rings. The van der Waals surface area contributed by atoms with E-state index in [4.69, 9.17) is 23.7 Å². The van der Waals surface area contributed by atoms with Crippen LogP contribution in [0.2, 0.25) is 0 Å². The van der Waals surface area contributed by atoms with Gasteiger partial charge in [0.2, 0.25) is 0 Å². The monoisotopic (exact) mass is 481 g/mol. The minimum atomic E-state index is -1.47. The number of hydrogen-bond donors (Lipinski definition) is 2. The fourth-order valence-electron chi connectivity index (χ4n) is 11.3. The highest BCUT2D eigenvalue weighted by Crippen LogP contribution is 2.80. The zero-order valence-corrected chi connectivity index (χ0v) is 21.5. The van der Waals surface area contributed by atoms with Crippen LogP contribution >= 0.6 is 0 Å². The normalized spacial score (nSPS) is 59.5. The van der Waals surface area contributed by atoms with Crippen molar-refractivity contribution in [3.8, 4) is 0 Å². The van der Waals surface area contributed by atoms with E-state index in [2.05, 4.69) is 11.8 Å². The molecule has 34 heavy (non-hydrogen) atoms. The van der Waals surface area contributed by atoms with Gasteiger partial charge >= 0.3 is 0 Å². The molecule has 194 valence electrons. The molecule has 0 radical (unpaired) electrons. The summed E-state index contributed by atoms with van der Waals surface area (Å²) in [4.78, 5) is 2.43. The van der Waals surface area contributed by atoms with Crippen molar-refractivity contribution in [3.63, 3.8) is 0 Å². The topological polar surface area (TPSA) is 89.9 Å². The highest BCUT2D eigenvalue weighted by Gasteiger charge is 2.91. The first kappa shape index (κ1) is 24.0. The highest BCUT2D eigenvalue weighted by molar-refractivity contribution is 5.41. The average Bonchev–Trinajstić information content (AvgIpc) is 3.25. The second kappa shape index (κ2) is 7.60. The summed E-state index contributed by atoms with van der Waals surface area (Å²) in [5, 5.41) is 25.9. The van der Waals surface area contributed by atoms with Gasteiger partial charge in [-0.15, -0.1) is 0 Å². The lowest BCUT2D eigenvalue weighted by atomic mass is 9.42. The summed E-state index contributed by atoms with van der Waals surface area (Å²) < 4.78 is 30.7. The van der Waals surface area contributed by atoms with Gasteiger partial charge in [-0.1, -0.05) is 6.92 Å². The van der Waals surface area contributed by atoms with Crippen molar-refractivity contribution in [2.45, 2.75) is 74.3 Å². The molecule has 1 heterocycles. The third-order valence-corrected chi connectivity index (χ3v) is 11.7. The summed E-state index contributed by atoms with van der Waals surface area (Å²) in [6.45, 7) is 4.41. The van der Waals surface area contributed by atoms with E-state index in [0.29, 0.717) is 13.0 Å². The van der Waals surface area contributed by atoms with Crippen molar-refractivity contribution in [2.75, 3.05) is 55.2 Å². The molecule has 8 nitrogen and oxygen atoms in total. The summed E-state index contributed by atoms with van der Waals surface area (Å²) in [7, 11) is 8.77. The predicted molar refractivity (Wildman–Crippen MR) is 123 cm³/mol. The van der Waals surface area contributed by atoms with E-state index in [1.807, 2.05) is 7.11 Å². The molecule has 7 bridgehead atoms. The number of fused-ring (bicyclic) bond motifs is 2. The minimum absolute atomic E-state index is 0.0262. The van der Waals surface area contributed by atoms with Gasteiger partial charge in [-0.05, 0) is 31.7 Å². The lowest BCUT2D eigenvalue weighted by molar-refractivity contribution is -0.320. The van der Waals surface area contributed by atoms with E-state index < -0.39 is 17.3 Å². The SMILES string of the molecule is CCN1C[C@]2(COC)CCC(OC)C34C5CC6C(OC)C5[C@](O)(C[C@@H]6OC)[C@@](O)(C13)[C@@H](OC)C42. The lowest BCUT2D eigenvalue weighted by Gasteiger charge is -2.70. The Balaban J connectivity index is 1.67. The quantitative estimate of drug-likeness (QED) is 0.555. The van der Waals surface area contributed by atoms with Gasteiger partial charge in [0.05, 0.1) is 37.1 Å². The predicted octanol–water partition coefficient (Wildman–Crippen LogP) is 0.925. The fourth-order valence-corrected chi connectivity index (χ4v) is 11.3. The average molecular weight is 482 g/mol. The Labute approximate surface area is 203 Å². The Morgan fingerprint density at radius 2 is 1.76 bits per heavy atom. The van der Waals surface area contributed by atoms with Crippen molar-refractivity contribution in [1.29, 1.82) is 0 Å². The van der Waals surface area contributed by atoms with Gasteiger partial charge in [0, 0.05) is 77.1 Å². The van der Waals surface area contributed by atoms with Gasteiger partial charge in [0.1, 0.15) is 11.2 Å². The van der Waals surface area contributed by atoms with Gasteiger partial charge < -0.3 is 33.9 Å². The first-order valence-electron chi connectivity index (χ1n) is 13.1. The number of ether oxygens (including phenoxy) is 5. The first-order valence-corrected chi connectivity index (χ1v) is 13.1. The number of likely N-dealkylation sites (tertiary alicyclic amines) is 1. The Bertz CT molecular complexity index is 829. The Morgan fingerprint density at radius 3 is 2.35 bits per heavy atom. The van der Waals surface area contributed by atoms with Crippen molar-refractivity contribution >= 4 is 0 Å². The summed E-state index contributed by atoms with van der Waals surface area (Å²) >= 11 is 0. The van der Waals surface area contributed by atoms with E-state index in [0.717, 1.165) is 32.4 Å². The van der Waals surface area contributed by atoms with Crippen LogP contribution in [0.5, 0.6) is 0 Å². The molecule has 6 fully saturated rings. The third kappa shape index (κ3) is 2.27. The van der Waals surface area contributed by atoms with Crippen LogP contribution in [0.4, 0.5) is 0 Å². The summed E-state index contributed by atoms with van der Waals surface area (Å²) in [6, 6.07) is -0.256. The number of rotatable bonds is 7. The van der Waals surface area contributed by atoms with E-state index in [1.165, 1.54) is 0 Å². The number of methoxy groups -OCH3 is 5. The van der Waals surface area contributed by atoms with E-state index in [9.17, 15) is 10.2 Å². The first-order chi connectivity index (χ1) is 16.3. The molecule has 0 aromatic carbocycles. The molecule has 0 aromatic heterocycles. The molecule has 2 N–H and O–H groups in total. The number of likely N-dealkylation sites (N-methyl/N-ethyl adjacent to an activating group) is 1. The van der Waals surface area contributed by atoms with Crippen LogP contribution in [-0.2, 0) is 23.7 Å². The number of hydrogen-bond acceptors (Lipinski definition) is 8. The summed E-state index contributed by atoms with van der Waals surface area (Å²) in [5.41, 5.74) is -3.38. The molecule has 0 amide bonds. The van der Waals surface area contributed by atoms with Crippen LogP contribution in [0, 0.1) is 34.5 Å². The van der Waals surface area contributed by atoms with Crippen molar-refractivity contribution in [3.05, 3.63) is 0 Å². The van der Waals surface area contributed by atoms with Gasteiger partial charge in [0.25, 0.3) is 0 Å². The van der Waals surface area contributed by atoms with Crippen LogP contribution in [0.15, 0.2) is 0 Å². The Kier molecular flexibility index (Phi) is 5.38. The summed E-state index contributed by atoms with van der Waals surface area (Å²) in [5.74, 6) is 0.165. The highest BCUT2D eigenvalue weighted by atomic mass is 16.5. The van der Waals surface area contributed by atoms with Gasteiger partial charge in [-0.25, -0.2) is 0 Å². The maximum absolute atomic E-state index is 13.1. The minimum Gasteiger partial charge on any atom is -0.386 e. The Hall–Kier alpha value is -0.320. The van der Waals surface area contributed by atoms with Crippen LogP contribution in [-0.4, -0.2) is 112 Å². The smallest absolute Gasteiger partial charge is 0.136 e. The molecule has 8 unspecified atom stereocenters. The van der Waals surface area contributed by atoms with E-state index in [1.54, 1.807) is 28.4 Å². The van der Waals surface area contributed by atoms with Gasteiger partial charge in [-0.3, -0.25) is 4.90 Å². The van der Waals surface area contributed by atoms with Crippen LogP contribution in [0.25, 0.3) is 0 Å². The van der Waals surface area contributed by atoms with Crippen LogP contribution in [0.3, 0.4) is 0 Å². The maximum Gasteiger partial charge on any atom is 0.136 e. The molecule has 1 aliphatic heterocycles. The molecule has 8 heteroatoms. The molecule has 1 saturated heterocycles. The fraction of sp³-hybridized carbons (Fsp3) is 1.00. The largest absolute Gasteiger partial charge is 0.386 e. The molecular formula is C26H43NO7. The van der Waals surface area contributed by atoms with Crippen LogP contribution in [0.1, 0.15) is 32.6 Å². The van der Waals surface area contributed by atoms with Crippen molar-refractivity contribution in [1.82, 2.24) is 4.90 Å². The van der Waals surface area contributed by atoms with E-state index >= 15 is 0 Å². The third-order valence-electron chi connectivity index (χ3n) is 11.7. The van der Waals surface area contributed by atoms with Gasteiger partial charge in [0.15, 0.2) is 0 Å². The molecule has 6 aliphatic rings. The van der Waals surface area contributed by atoms with Gasteiger partial charge in [-0.2, -0.15) is 0 Å². The molecule has 5 saturated carbocycles. The second-order valence-electron chi connectivity index (χ2n) is 12.1. The standard InChI is InChI=1S/C26H43NO7/c1-7-27-12-23(13-30-2)9-8-17(32-4)25-15-10-14-16(31-3)11-24(28,18(15)19(14)33-5)26(29,22(25)27)21(34-6)20(23)25/h14-22,28-29H,7-13H2,1-6H3/t14?,15?,16-,17?,18?,19?,20?,21-,22?,23-,24+,25?,26-/m0/s1. The second-order valence-corrected chi connectivity index (χ2v) is 12.1. The van der Waals surface area contributed by atoms with E-state index in [-0.39, 0.29) is 58.9 Å². The Morgan fingerprint density at radius 1 is 1.00 bits per heavy atom. The zero-order valence-electron chi connectivity index (χ0n) is 21.5. The summed E-state index contributed by atoms with van der Waals surface area (Å²) in [6.07, 6.45) is 2.30. The molecule has 6 rings (SSSR count). The number of piperidine rings is 1. The van der Waals surface area contributed by atoms with Crippen molar-refractivity contribution < 1.29 is 33.9 Å². The van der Waals surface area contributed by atoms with Crippen LogP contribution < -0.4 is 0 Å². The molecule has 5 aliphatic carbocycles. The maximum atomic E-state index is 13.1. The zero-order chi connectivity index (χ0) is 24.3. The molecule has 1 spiro atoms. The number of nitrogens with zero attached hydrogens (tertiary/aromatic N) is 1. The molecular weight excluding hydrogens is 438 g/mol. The molecule has 13 atom stereocenters.